The van der Waals surface area contributed by atoms with Gasteiger partial charge in [0.15, 0.2) is 0 Å². The molecule has 0 amide bonds. The van der Waals surface area contributed by atoms with Gasteiger partial charge in [-0.3, -0.25) is 9.88 Å². The molecule has 162 valence electrons. The number of halogens is 1. The van der Waals surface area contributed by atoms with E-state index in [4.69, 9.17) is 0 Å². The summed E-state index contributed by atoms with van der Waals surface area (Å²) < 4.78 is 14.3. The van der Waals surface area contributed by atoms with Crippen LogP contribution < -0.4 is 10.2 Å². The van der Waals surface area contributed by atoms with Crippen LogP contribution in [0.15, 0.2) is 30.5 Å². The van der Waals surface area contributed by atoms with E-state index in [0.717, 1.165) is 44.8 Å². The van der Waals surface area contributed by atoms with Gasteiger partial charge in [-0.15, -0.1) is 0 Å². The quantitative estimate of drug-likeness (QED) is 0.802. The first kappa shape index (κ1) is 21.3. The molecule has 1 aromatic carbocycles. The first-order chi connectivity index (χ1) is 14.3. The number of aryl methyl sites for hydroxylation is 2. The summed E-state index contributed by atoms with van der Waals surface area (Å²) in [5, 5.41) is 3.72. The summed E-state index contributed by atoms with van der Waals surface area (Å²) in [6.45, 7) is 10.3. The van der Waals surface area contributed by atoms with Gasteiger partial charge in [-0.1, -0.05) is 18.2 Å². The highest BCUT2D eigenvalue weighted by atomic mass is 19.1. The molecular formula is C25H35FN4. The molecule has 1 N–H and O–H groups in total. The van der Waals surface area contributed by atoms with Crippen molar-refractivity contribution in [3.63, 3.8) is 0 Å². The van der Waals surface area contributed by atoms with Crippen molar-refractivity contribution in [1.82, 2.24) is 15.2 Å². The lowest BCUT2D eigenvalue weighted by Gasteiger charge is -2.39. The summed E-state index contributed by atoms with van der Waals surface area (Å²) in [6, 6.07) is 9.22. The minimum Gasteiger partial charge on any atom is -0.371 e. The molecular weight excluding hydrogens is 375 g/mol. The van der Waals surface area contributed by atoms with E-state index in [1.54, 1.807) is 6.92 Å². The average molecular weight is 411 g/mol. The van der Waals surface area contributed by atoms with Crippen LogP contribution >= 0.6 is 0 Å². The second-order valence-electron chi connectivity index (χ2n) is 9.57. The molecule has 0 unspecified atom stereocenters. The predicted octanol–water partition coefficient (Wildman–Crippen LogP) is 4.17. The maximum absolute atomic E-state index is 14.3. The number of nitrogens with zero attached hydrogens (tertiary/aromatic N) is 3. The smallest absolute Gasteiger partial charge is 0.111 e. The maximum Gasteiger partial charge on any atom is 0.111 e. The Labute approximate surface area is 180 Å². The fourth-order valence-electron chi connectivity index (χ4n) is 4.84. The lowest BCUT2D eigenvalue weighted by atomic mass is 9.91. The lowest BCUT2D eigenvalue weighted by Crippen LogP contribution is -2.45. The second-order valence-corrected chi connectivity index (χ2v) is 9.57. The number of benzene rings is 1. The van der Waals surface area contributed by atoms with Crippen LogP contribution in [-0.2, 0) is 19.5 Å². The van der Waals surface area contributed by atoms with Crippen molar-refractivity contribution >= 4 is 5.69 Å². The number of hydrogen-bond donors (Lipinski definition) is 1. The number of fused-ring (bicyclic) bond motifs is 1. The van der Waals surface area contributed by atoms with E-state index in [1.807, 2.05) is 6.20 Å². The number of nitrogens with one attached hydrogen (secondary N) is 1. The largest absolute Gasteiger partial charge is 0.371 e. The minimum atomic E-state index is -1.01. The van der Waals surface area contributed by atoms with Crippen molar-refractivity contribution in [3.05, 3.63) is 58.4 Å². The fraction of sp³-hybridized carbons (Fsp3) is 0.560. The molecule has 0 saturated carbocycles. The van der Waals surface area contributed by atoms with Crippen LogP contribution in [0, 0.1) is 13.8 Å². The van der Waals surface area contributed by atoms with Crippen LogP contribution in [0.5, 0.6) is 0 Å². The standard InChI is InChI=1S/C25H35FN4/c1-18-12-19(2)23(28-14-18)17-29(4)16-21-13-22-20(15-27-21)6-5-7-24(22)30-10-8-25(3,26)9-11-30/h5-7,12,14,21,27H,8-11,13,15-17H2,1-4H3/t21-/m1/s1. The number of hydrogen-bond acceptors (Lipinski definition) is 4. The molecule has 1 atom stereocenters. The Morgan fingerprint density at radius 3 is 2.77 bits per heavy atom. The number of aromatic nitrogens is 1. The number of rotatable bonds is 5. The zero-order chi connectivity index (χ0) is 21.3. The number of piperidine rings is 1. The van der Waals surface area contributed by atoms with Crippen molar-refractivity contribution in [2.75, 3.05) is 31.6 Å². The molecule has 0 aliphatic carbocycles. The number of pyridine rings is 1. The molecule has 1 fully saturated rings. The highest BCUT2D eigenvalue weighted by molar-refractivity contribution is 5.58. The molecule has 2 aliphatic heterocycles. The normalized spacial score (nSPS) is 21.0. The van der Waals surface area contributed by atoms with E-state index in [9.17, 15) is 4.39 Å². The second kappa shape index (κ2) is 8.64. The van der Waals surface area contributed by atoms with Gasteiger partial charge in [0.2, 0.25) is 0 Å². The molecule has 1 aromatic heterocycles. The molecule has 0 spiro atoms. The van der Waals surface area contributed by atoms with Crippen molar-refractivity contribution in [3.8, 4) is 0 Å². The molecule has 3 heterocycles. The summed E-state index contributed by atoms with van der Waals surface area (Å²) in [7, 11) is 2.18. The highest BCUT2D eigenvalue weighted by Crippen LogP contribution is 2.33. The average Bonchev–Trinajstić information content (AvgIpc) is 2.70. The van der Waals surface area contributed by atoms with Gasteiger partial charge in [-0.2, -0.15) is 0 Å². The molecule has 4 nitrogen and oxygen atoms in total. The topological polar surface area (TPSA) is 31.4 Å². The summed E-state index contributed by atoms with van der Waals surface area (Å²) in [5.74, 6) is 0. The van der Waals surface area contributed by atoms with Gasteiger partial charge in [0.05, 0.1) is 5.69 Å². The van der Waals surface area contributed by atoms with Crippen LogP contribution in [0.2, 0.25) is 0 Å². The van der Waals surface area contributed by atoms with E-state index < -0.39 is 5.67 Å². The van der Waals surface area contributed by atoms with Gasteiger partial charge in [-0.05, 0) is 75.4 Å². The van der Waals surface area contributed by atoms with E-state index in [0.29, 0.717) is 18.9 Å². The Morgan fingerprint density at radius 2 is 2.03 bits per heavy atom. The Hall–Kier alpha value is -1.98. The minimum absolute atomic E-state index is 0.408. The van der Waals surface area contributed by atoms with Crippen LogP contribution in [0.25, 0.3) is 0 Å². The first-order valence-electron chi connectivity index (χ1n) is 11.2. The van der Waals surface area contributed by atoms with Gasteiger partial charge in [0.25, 0.3) is 0 Å². The Bertz CT molecular complexity index is 885. The molecule has 0 bridgehead atoms. The third kappa shape index (κ3) is 4.84. The van der Waals surface area contributed by atoms with Crippen LogP contribution in [-0.4, -0.2) is 48.3 Å². The zero-order valence-corrected chi connectivity index (χ0v) is 18.8. The summed E-state index contributed by atoms with van der Waals surface area (Å²) in [6.07, 6.45) is 4.20. The van der Waals surface area contributed by atoms with E-state index in [-0.39, 0.29) is 0 Å². The Balaban J connectivity index is 1.43. The van der Waals surface area contributed by atoms with Crippen molar-refractivity contribution in [1.29, 1.82) is 0 Å². The van der Waals surface area contributed by atoms with E-state index in [2.05, 4.69) is 65.3 Å². The van der Waals surface area contributed by atoms with Gasteiger partial charge < -0.3 is 10.2 Å². The van der Waals surface area contributed by atoms with Gasteiger partial charge >= 0.3 is 0 Å². The molecule has 5 heteroatoms. The Morgan fingerprint density at radius 1 is 1.27 bits per heavy atom. The van der Waals surface area contributed by atoms with Crippen LogP contribution in [0.1, 0.15) is 47.7 Å². The zero-order valence-electron chi connectivity index (χ0n) is 18.8. The Kier molecular flexibility index (Phi) is 6.12. The number of alkyl halides is 1. The van der Waals surface area contributed by atoms with Crippen LogP contribution in [0.3, 0.4) is 0 Å². The third-order valence-corrected chi connectivity index (χ3v) is 6.70. The monoisotopic (exact) mass is 410 g/mol. The van der Waals surface area contributed by atoms with Crippen molar-refractivity contribution in [2.24, 2.45) is 0 Å². The maximum atomic E-state index is 14.3. The molecule has 2 aromatic rings. The molecule has 2 aliphatic rings. The summed E-state index contributed by atoms with van der Waals surface area (Å²) in [5.41, 5.74) is 6.76. The highest BCUT2D eigenvalue weighted by Gasteiger charge is 2.31. The van der Waals surface area contributed by atoms with Gasteiger partial charge in [-0.25, -0.2) is 4.39 Å². The first-order valence-corrected chi connectivity index (χ1v) is 11.2. The van der Waals surface area contributed by atoms with E-state index >= 15 is 0 Å². The van der Waals surface area contributed by atoms with Crippen molar-refractivity contribution in [2.45, 2.75) is 64.8 Å². The molecule has 30 heavy (non-hydrogen) atoms. The number of anilines is 1. The lowest BCUT2D eigenvalue weighted by molar-refractivity contribution is 0.149. The third-order valence-electron chi connectivity index (χ3n) is 6.70. The SMILES string of the molecule is Cc1cnc(CN(C)C[C@H]2Cc3c(cccc3N3CCC(C)(F)CC3)CN2)c(C)c1. The fourth-order valence-corrected chi connectivity index (χ4v) is 4.84. The molecule has 1 saturated heterocycles. The number of likely N-dealkylation sites (N-methyl/N-ethyl adjacent to an activating group) is 1. The predicted molar refractivity (Wildman–Crippen MR) is 122 cm³/mol. The molecule has 4 rings (SSSR count). The van der Waals surface area contributed by atoms with Crippen LogP contribution in [0.4, 0.5) is 10.1 Å². The summed E-state index contributed by atoms with van der Waals surface area (Å²) in [4.78, 5) is 9.40. The van der Waals surface area contributed by atoms with E-state index in [1.165, 1.54) is 27.9 Å². The summed E-state index contributed by atoms with van der Waals surface area (Å²) >= 11 is 0. The van der Waals surface area contributed by atoms with Crippen molar-refractivity contribution < 1.29 is 4.39 Å². The van der Waals surface area contributed by atoms with Gasteiger partial charge in [0.1, 0.15) is 5.67 Å². The van der Waals surface area contributed by atoms with Gasteiger partial charge in [0, 0.05) is 50.6 Å². The molecule has 0 radical (unpaired) electrons.